The Bertz CT molecular complexity index is 739. The van der Waals surface area contributed by atoms with Crippen molar-refractivity contribution in [3.8, 4) is 0 Å². The number of aromatic nitrogens is 2. The van der Waals surface area contributed by atoms with Crippen molar-refractivity contribution in [3.05, 3.63) is 29.0 Å². The Morgan fingerprint density at radius 1 is 1.28 bits per heavy atom. The first-order valence-electron chi connectivity index (χ1n) is 9.08. The number of carbonyl (C=O) groups excluding carboxylic acids is 1. The van der Waals surface area contributed by atoms with Gasteiger partial charge in [0.1, 0.15) is 12.1 Å². The molecule has 2 heterocycles. The van der Waals surface area contributed by atoms with Crippen LogP contribution in [0.1, 0.15) is 39.5 Å². The first kappa shape index (κ1) is 18.1. The van der Waals surface area contributed by atoms with E-state index in [-0.39, 0.29) is 5.92 Å². The molecule has 1 aromatic carbocycles. The van der Waals surface area contributed by atoms with E-state index in [1.807, 2.05) is 23.1 Å². The zero-order valence-electron chi connectivity index (χ0n) is 14.8. The quantitative estimate of drug-likeness (QED) is 0.809. The Balaban J connectivity index is 1.65. The van der Waals surface area contributed by atoms with Gasteiger partial charge in [-0.2, -0.15) is 0 Å². The minimum absolute atomic E-state index is 0.174. The molecule has 0 saturated carbocycles. The standard InChI is InChI=1S/C19H25BrN4O/c1-3-13(4-2)19(25)24-9-7-15(8-10-24)23-18-16-11-14(20)5-6-17(16)21-12-22-18/h5-6,11-13,15H,3-4,7-10H2,1-2H3,(H,21,22,23). The number of likely N-dealkylation sites (tertiary alicyclic amines) is 1. The van der Waals surface area contributed by atoms with E-state index in [4.69, 9.17) is 0 Å². The lowest BCUT2D eigenvalue weighted by Crippen LogP contribution is -2.44. The minimum Gasteiger partial charge on any atom is -0.367 e. The van der Waals surface area contributed by atoms with E-state index in [1.165, 1.54) is 0 Å². The van der Waals surface area contributed by atoms with E-state index in [0.717, 1.165) is 60.0 Å². The molecule has 0 spiro atoms. The molecule has 1 aliphatic rings. The van der Waals surface area contributed by atoms with Crippen molar-refractivity contribution >= 4 is 38.6 Å². The van der Waals surface area contributed by atoms with Crippen molar-refractivity contribution in [2.75, 3.05) is 18.4 Å². The second-order valence-corrected chi connectivity index (χ2v) is 7.56. The van der Waals surface area contributed by atoms with Crippen molar-refractivity contribution in [1.29, 1.82) is 0 Å². The van der Waals surface area contributed by atoms with Gasteiger partial charge in [-0.3, -0.25) is 4.79 Å². The lowest BCUT2D eigenvalue weighted by atomic mass is 9.98. The Morgan fingerprint density at radius 3 is 2.68 bits per heavy atom. The number of fused-ring (bicyclic) bond motifs is 1. The molecule has 134 valence electrons. The van der Waals surface area contributed by atoms with E-state index in [9.17, 15) is 4.79 Å². The lowest BCUT2D eigenvalue weighted by molar-refractivity contribution is -0.136. The molecule has 3 rings (SSSR count). The summed E-state index contributed by atoms with van der Waals surface area (Å²) in [6, 6.07) is 6.36. The molecule has 5 nitrogen and oxygen atoms in total. The summed E-state index contributed by atoms with van der Waals surface area (Å²) < 4.78 is 1.02. The highest BCUT2D eigenvalue weighted by Gasteiger charge is 2.26. The number of benzene rings is 1. The van der Waals surface area contributed by atoms with Gasteiger partial charge in [0.25, 0.3) is 0 Å². The SMILES string of the molecule is CCC(CC)C(=O)N1CCC(Nc2ncnc3ccc(Br)cc23)CC1. The second-order valence-electron chi connectivity index (χ2n) is 6.64. The maximum absolute atomic E-state index is 12.5. The van der Waals surface area contributed by atoms with Gasteiger partial charge in [0.2, 0.25) is 5.91 Å². The number of nitrogens with one attached hydrogen (secondary N) is 1. The van der Waals surface area contributed by atoms with E-state index < -0.39 is 0 Å². The van der Waals surface area contributed by atoms with E-state index in [0.29, 0.717) is 11.9 Å². The molecular weight excluding hydrogens is 380 g/mol. The van der Waals surface area contributed by atoms with Crippen molar-refractivity contribution in [2.45, 2.75) is 45.6 Å². The van der Waals surface area contributed by atoms with Crippen molar-refractivity contribution in [1.82, 2.24) is 14.9 Å². The molecule has 0 atom stereocenters. The third-order valence-electron chi connectivity index (χ3n) is 5.08. The predicted molar refractivity (Wildman–Crippen MR) is 105 cm³/mol. The number of hydrogen-bond donors (Lipinski definition) is 1. The van der Waals surface area contributed by atoms with Crippen molar-refractivity contribution in [2.24, 2.45) is 5.92 Å². The number of halogens is 1. The fraction of sp³-hybridized carbons (Fsp3) is 0.526. The molecule has 0 unspecified atom stereocenters. The highest BCUT2D eigenvalue weighted by Crippen LogP contribution is 2.26. The third-order valence-corrected chi connectivity index (χ3v) is 5.57. The van der Waals surface area contributed by atoms with Gasteiger partial charge in [0.15, 0.2) is 0 Å². The van der Waals surface area contributed by atoms with Gasteiger partial charge in [0.05, 0.1) is 5.52 Å². The van der Waals surface area contributed by atoms with E-state index >= 15 is 0 Å². The molecule has 1 saturated heterocycles. The van der Waals surface area contributed by atoms with Gasteiger partial charge in [0, 0.05) is 34.9 Å². The van der Waals surface area contributed by atoms with Crippen LogP contribution in [0.2, 0.25) is 0 Å². The fourth-order valence-electron chi connectivity index (χ4n) is 3.48. The molecule has 1 N–H and O–H groups in total. The summed E-state index contributed by atoms with van der Waals surface area (Å²) in [7, 11) is 0. The molecule has 1 amide bonds. The molecule has 0 bridgehead atoms. The van der Waals surface area contributed by atoms with Crippen LogP contribution in [0.3, 0.4) is 0 Å². The number of piperidine rings is 1. The summed E-state index contributed by atoms with van der Waals surface area (Å²) in [4.78, 5) is 23.3. The fourth-order valence-corrected chi connectivity index (χ4v) is 3.84. The molecule has 2 aromatic rings. The largest absolute Gasteiger partial charge is 0.367 e. The first-order chi connectivity index (χ1) is 12.1. The molecule has 25 heavy (non-hydrogen) atoms. The Hall–Kier alpha value is -1.69. The van der Waals surface area contributed by atoms with Crippen LogP contribution in [0.5, 0.6) is 0 Å². The van der Waals surface area contributed by atoms with Crippen LogP contribution in [-0.2, 0) is 4.79 Å². The molecule has 6 heteroatoms. The number of carbonyl (C=O) groups is 1. The minimum atomic E-state index is 0.174. The highest BCUT2D eigenvalue weighted by atomic mass is 79.9. The summed E-state index contributed by atoms with van der Waals surface area (Å²) in [6.07, 6.45) is 5.35. The van der Waals surface area contributed by atoms with Crippen LogP contribution in [-0.4, -0.2) is 39.9 Å². The van der Waals surface area contributed by atoms with Crippen LogP contribution in [0.4, 0.5) is 5.82 Å². The molecule has 1 fully saturated rings. The predicted octanol–water partition coefficient (Wildman–Crippen LogP) is 4.23. The van der Waals surface area contributed by atoms with Gasteiger partial charge in [-0.1, -0.05) is 29.8 Å². The molecular formula is C19H25BrN4O. The van der Waals surface area contributed by atoms with Gasteiger partial charge < -0.3 is 10.2 Å². The second kappa shape index (κ2) is 8.13. The van der Waals surface area contributed by atoms with Crippen LogP contribution in [0.25, 0.3) is 10.9 Å². The van der Waals surface area contributed by atoms with Gasteiger partial charge in [-0.05, 0) is 43.9 Å². The first-order valence-corrected chi connectivity index (χ1v) is 9.87. The van der Waals surface area contributed by atoms with Gasteiger partial charge >= 0.3 is 0 Å². The van der Waals surface area contributed by atoms with Crippen LogP contribution >= 0.6 is 15.9 Å². The van der Waals surface area contributed by atoms with Gasteiger partial charge in [-0.15, -0.1) is 0 Å². The smallest absolute Gasteiger partial charge is 0.225 e. The molecule has 0 radical (unpaired) electrons. The van der Waals surface area contributed by atoms with Crippen LogP contribution in [0, 0.1) is 5.92 Å². The number of nitrogens with zero attached hydrogens (tertiary/aromatic N) is 3. The Morgan fingerprint density at radius 2 is 2.00 bits per heavy atom. The van der Waals surface area contributed by atoms with E-state index in [2.05, 4.69) is 45.1 Å². The number of anilines is 1. The summed E-state index contributed by atoms with van der Waals surface area (Å²) in [6.45, 7) is 5.83. The molecule has 1 aromatic heterocycles. The highest BCUT2D eigenvalue weighted by molar-refractivity contribution is 9.10. The van der Waals surface area contributed by atoms with Crippen LogP contribution in [0.15, 0.2) is 29.0 Å². The summed E-state index contributed by atoms with van der Waals surface area (Å²) in [5.41, 5.74) is 0.932. The average molecular weight is 405 g/mol. The summed E-state index contributed by atoms with van der Waals surface area (Å²) in [5.74, 6) is 1.36. The van der Waals surface area contributed by atoms with Crippen molar-refractivity contribution in [3.63, 3.8) is 0 Å². The van der Waals surface area contributed by atoms with Crippen LogP contribution < -0.4 is 5.32 Å². The van der Waals surface area contributed by atoms with E-state index in [1.54, 1.807) is 6.33 Å². The lowest BCUT2D eigenvalue weighted by Gasteiger charge is -2.34. The summed E-state index contributed by atoms with van der Waals surface area (Å²) >= 11 is 3.52. The maximum atomic E-state index is 12.5. The zero-order chi connectivity index (χ0) is 17.8. The third kappa shape index (κ3) is 4.11. The van der Waals surface area contributed by atoms with Gasteiger partial charge in [-0.25, -0.2) is 9.97 Å². The zero-order valence-corrected chi connectivity index (χ0v) is 16.4. The normalized spacial score (nSPS) is 15.8. The topological polar surface area (TPSA) is 58.1 Å². The molecule has 1 aliphatic heterocycles. The number of hydrogen-bond acceptors (Lipinski definition) is 4. The Kier molecular flexibility index (Phi) is 5.89. The number of amides is 1. The summed E-state index contributed by atoms with van der Waals surface area (Å²) in [5, 5.41) is 4.58. The average Bonchev–Trinajstić information content (AvgIpc) is 2.64. The molecule has 0 aliphatic carbocycles. The Labute approximate surface area is 157 Å². The number of rotatable bonds is 5. The maximum Gasteiger partial charge on any atom is 0.225 e. The van der Waals surface area contributed by atoms with Crippen molar-refractivity contribution < 1.29 is 4.79 Å². The monoisotopic (exact) mass is 404 g/mol.